The number of hydrogen-bond donors (Lipinski definition) is 2. The molecule has 4 nitrogen and oxygen atoms in total. The molecule has 7 heteroatoms. The summed E-state index contributed by atoms with van der Waals surface area (Å²) < 4.78 is 44.6. The normalized spacial score (nSPS) is 22.0. The van der Waals surface area contributed by atoms with E-state index in [1.165, 1.54) is 0 Å². The lowest BCUT2D eigenvalue weighted by Crippen LogP contribution is -2.41. The molecule has 1 aliphatic rings. The van der Waals surface area contributed by atoms with Gasteiger partial charge in [-0.15, -0.1) is 0 Å². The Morgan fingerprint density at radius 2 is 2.05 bits per heavy atom. The number of carbonyl (C=O) groups is 1. The van der Waals surface area contributed by atoms with Gasteiger partial charge in [-0.25, -0.2) is 13.2 Å². The highest BCUT2D eigenvalue weighted by Crippen LogP contribution is 2.22. The maximum Gasteiger partial charge on any atom is 0.231 e. The molecule has 2 N–H and O–H groups in total. The number of nitrogens with one attached hydrogen (secondary N) is 2. The van der Waals surface area contributed by atoms with Crippen LogP contribution in [-0.4, -0.2) is 31.7 Å². The SMILES string of the molecule is CCNC1COCC1C(=O)Nc1ccc(F)c(F)c1F. The molecule has 1 aromatic rings. The molecule has 0 spiro atoms. The number of ether oxygens (including phenoxy) is 1. The van der Waals surface area contributed by atoms with Crippen LogP contribution < -0.4 is 10.6 Å². The Morgan fingerprint density at radius 3 is 2.75 bits per heavy atom. The van der Waals surface area contributed by atoms with Crippen LogP contribution in [0.5, 0.6) is 0 Å². The quantitative estimate of drug-likeness (QED) is 0.829. The van der Waals surface area contributed by atoms with Crippen molar-refractivity contribution in [2.45, 2.75) is 13.0 Å². The Labute approximate surface area is 114 Å². The van der Waals surface area contributed by atoms with Gasteiger partial charge in [0.25, 0.3) is 0 Å². The smallest absolute Gasteiger partial charge is 0.231 e. The van der Waals surface area contributed by atoms with Gasteiger partial charge >= 0.3 is 0 Å². The summed E-state index contributed by atoms with van der Waals surface area (Å²) in [6.45, 7) is 3.14. The van der Waals surface area contributed by atoms with E-state index in [1.54, 1.807) is 0 Å². The molecule has 2 atom stereocenters. The van der Waals surface area contributed by atoms with Crippen LogP contribution in [0, 0.1) is 23.4 Å². The van der Waals surface area contributed by atoms with Crippen molar-refractivity contribution in [2.24, 2.45) is 5.92 Å². The highest BCUT2D eigenvalue weighted by atomic mass is 19.2. The molecule has 0 radical (unpaired) electrons. The van der Waals surface area contributed by atoms with Crippen molar-refractivity contribution in [3.63, 3.8) is 0 Å². The molecular formula is C13H15F3N2O2. The van der Waals surface area contributed by atoms with Gasteiger partial charge < -0.3 is 15.4 Å². The van der Waals surface area contributed by atoms with Crippen molar-refractivity contribution in [2.75, 3.05) is 25.1 Å². The second-order valence-electron chi connectivity index (χ2n) is 4.52. The van der Waals surface area contributed by atoms with Gasteiger partial charge in [0.15, 0.2) is 17.5 Å². The Bertz CT molecular complexity index is 511. The topological polar surface area (TPSA) is 50.4 Å². The van der Waals surface area contributed by atoms with Crippen LogP contribution in [0.25, 0.3) is 0 Å². The van der Waals surface area contributed by atoms with Crippen molar-refractivity contribution < 1.29 is 22.7 Å². The Kier molecular flexibility index (Phi) is 4.61. The molecule has 0 aliphatic carbocycles. The van der Waals surface area contributed by atoms with E-state index in [4.69, 9.17) is 4.74 Å². The molecular weight excluding hydrogens is 273 g/mol. The number of likely N-dealkylation sites (N-methyl/N-ethyl adjacent to an activating group) is 1. The fourth-order valence-electron chi connectivity index (χ4n) is 2.12. The Morgan fingerprint density at radius 1 is 1.30 bits per heavy atom. The van der Waals surface area contributed by atoms with Crippen LogP contribution in [0.4, 0.5) is 18.9 Å². The standard InChI is InChI=1S/C13H15F3N2O2/c1-2-17-10-6-20-5-7(10)13(19)18-9-4-3-8(14)11(15)12(9)16/h3-4,7,10,17H,2,5-6H2,1H3,(H,18,19). The van der Waals surface area contributed by atoms with Crippen LogP contribution in [0.1, 0.15) is 6.92 Å². The molecule has 1 amide bonds. The van der Waals surface area contributed by atoms with Crippen LogP contribution in [0.3, 0.4) is 0 Å². The number of benzene rings is 1. The summed E-state index contributed by atoms with van der Waals surface area (Å²) in [5, 5.41) is 5.35. The lowest BCUT2D eigenvalue weighted by molar-refractivity contribution is -0.120. The predicted molar refractivity (Wildman–Crippen MR) is 66.7 cm³/mol. The van der Waals surface area contributed by atoms with Gasteiger partial charge in [0.1, 0.15) is 0 Å². The van der Waals surface area contributed by atoms with Gasteiger partial charge in [0.05, 0.1) is 24.8 Å². The fraction of sp³-hybridized carbons (Fsp3) is 0.462. The number of halogens is 3. The maximum atomic E-state index is 13.5. The first-order chi connectivity index (χ1) is 9.54. The highest BCUT2D eigenvalue weighted by Gasteiger charge is 2.34. The molecule has 2 rings (SSSR count). The summed E-state index contributed by atoms with van der Waals surface area (Å²) in [5.41, 5.74) is -0.379. The van der Waals surface area contributed by atoms with E-state index < -0.39 is 29.3 Å². The summed E-state index contributed by atoms with van der Waals surface area (Å²) in [5.74, 6) is -5.29. The molecule has 2 unspecified atom stereocenters. The fourth-order valence-corrected chi connectivity index (χ4v) is 2.12. The summed E-state index contributed by atoms with van der Waals surface area (Å²) in [7, 11) is 0. The van der Waals surface area contributed by atoms with Gasteiger partial charge in [0, 0.05) is 6.04 Å². The van der Waals surface area contributed by atoms with Gasteiger partial charge in [0.2, 0.25) is 5.91 Å². The molecule has 1 aliphatic heterocycles. The third-order valence-electron chi connectivity index (χ3n) is 3.18. The van der Waals surface area contributed by atoms with Crippen molar-refractivity contribution in [3.8, 4) is 0 Å². The molecule has 0 bridgehead atoms. The molecule has 0 saturated carbocycles. The third-order valence-corrected chi connectivity index (χ3v) is 3.18. The van der Waals surface area contributed by atoms with Crippen LogP contribution in [-0.2, 0) is 9.53 Å². The van der Waals surface area contributed by atoms with E-state index in [-0.39, 0.29) is 18.3 Å². The lowest BCUT2D eigenvalue weighted by atomic mass is 10.0. The summed E-state index contributed by atoms with van der Waals surface area (Å²) in [6, 6.07) is 1.58. The largest absolute Gasteiger partial charge is 0.379 e. The van der Waals surface area contributed by atoms with E-state index in [1.807, 2.05) is 6.92 Å². The van der Waals surface area contributed by atoms with E-state index in [0.29, 0.717) is 13.2 Å². The minimum absolute atomic E-state index is 0.173. The summed E-state index contributed by atoms with van der Waals surface area (Å²) >= 11 is 0. The molecule has 1 aromatic carbocycles. The van der Waals surface area contributed by atoms with Crippen LogP contribution in [0.2, 0.25) is 0 Å². The maximum absolute atomic E-state index is 13.5. The second kappa shape index (κ2) is 6.23. The van der Waals surface area contributed by atoms with E-state index in [9.17, 15) is 18.0 Å². The van der Waals surface area contributed by atoms with Crippen LogP contribution >= 0.6 is 0 Å². The predicted octanol–water partition coefficient (Wildman–Crippen LogP) is 1.67. The number of hydrogen-bond acceptors (Lipinski definition) is 3. The molecule has 110 valence electrons. The van der Waals surface area contributed by atoms with Crippen LogP contribution in [0.15, 0.2) is 12.1 Å². The van der Waals surface area contributed by atoms with Crippen molar-refractivity contribution in [1.82, 2.24) is 5.32 Å². The number of carbonyl (C=O) groups excluding carboxylic acids is 1. The zero-order chi connectivity index (χ0) is 14.7. The van der Waals surface area contributed by atoms with E-state index >= 15 is 0 Å². The molecule has 0 aromatic heterocycles. The molecule has 1 saturated heterocycles. The zero-order valence-electron chi connectivity index (χ0n) is 10.9. The summed E-state index contributed by atoms with van der Waals surface area (Å²) in [4.78, 5) is 12.0. The van der Waals surface area contributed by atoms with Crippen molar-refractivity contribution >= 4 is 11.6 Å². The molecule has 20 heavy (non-hydrogen) atoms. The van der Waals surface area contributed by atoms with E-state index in [2.05, 4.69) is 10.6 Å². The number of anilines is 1. The van der Waals surface area contributed by atoms with Gasteiger partial charge in [-0.2, -0.15) is 0 Å². The van der Waals surface area contributed by atoms with Crippen molar-refractivity contribution in [1.29, 1.82) is 0 Å². The van der Waals surface area contributed by atoms with Crippen molar-refractivity contribution in [3.05, 3.63) is 29.6 Å². The first kappa shape index (κ1) is 14.8. The second-order valence-corrected chi connectivity index (χ2v) is 4.52. The van der Waals surface area contributed by atoms with Gasteiger partial charge in [-0.3, -0.25) is 4.79 Å². The minimum atomic E-state index is -1.60. The van der Waals surface area contributed by atoms with Gasteiger partial charge in [-0.1, -0.05) is 6.92 Å². The molecule has 1 fully saturated rings. The number of rotatable bonds is 4. The lowest BCUT2D eigenvalue weighted by Gasteiger charge is -2.18. The average molecular weight is 288 g/mol. The van der Waals surface area contributed by atoms with E-state index in [0.717, 1.165) is 12.1 Å². The highest BCUT2D eigenvalue weighted by molar-refractivity contribution is 5.93. The first-order valence-corrected chi connectivity index (χ1v) is 6.30. The van der Waals surface area contributed by atoms with Gasteiger partial charge in [-0.05, 0) is 18.7 Å². The number of amides is 1. The first-order valence-electron chi connectivity index (χ1n) is 6.30. The monoisotopic (exact) mass is 288 g/mol. The Balaban J connectivity index is 2.10. The summed E-state index contributed by atoms with van der Waals surface area (Å²) in [6.07, 6.45) is 0. The molecule has 1 heterocycles. The third kappa shape index (κ3) is 2.94. The average Bonchev–Trinajstić information content (AvgIpc) is 2.88. The zero-order valence-corrected chi connectivity index (χ0v) is 10.9. The minimum Gasteiger partial charge on any atom is -0.379 e. The Hall–Kier alpha value is -1.60.